The van der Waals surface area contributed by atoms with Crippen LogP contribution in [0.3, 0.4) is 0 Å². The molecule has 98 heavy (non-hydrogen) atoms. The highest BCUT2D eigenvalue weighted by molar-refractivity contribution is 5.78. The molecule has 3 aliphatic rings. The molecule has 3 rings (SSSR count). The zero-order valence-corrected chi connectivity index (χ0v) is 56.9. The van der Waals surface area contributed by atoms with Crippen LogP contribution in [0.15, 0.2) is 0 Å². The van der Waals surface area contributed by atoms with Crippen molar-refractivity contribution >= 4 is 53.2 Å². The first-order chi connectivity index (χ1) is 46.8. The normalized spacial score (nSPS) is 26.0. The van der Waals surface area contributed by atoms with E-state index in [1.54, 1.807) is 0 Å². The molecule has 3 aliphatic heterocycles. The molecule has 0 radical (unpaired) electrons. The monoisotopic (exact) mass is 1410 g/mol. The number of carbonyl (C=O) groups is 9. The Labute approximate surface area is 571 Å². The summed E-state index contributed by atoms with van der Waals surface area (Å²) in [4.78, 5) is 110. The summed E-state index contributed by atoms with van der Waals surface area (Å²) in [7, 11) is 0. The van der Waals surface area contributed by atoms with Crippen molar-refractivity contribution in [2.24, 2.45) is 5.41 Å². The van der Waals surface area contributed by atoms with Crippen LogP contribution in [0, 0.1) is 5.41 Å². The third kappa shape index (κ3) is 34.7. The maximum Gasteiger partial charge on any atom is 0.222 e. The second-order valence-electron chi connectivity index (χ2n) is 24.7. The highest BCUT2D eigenvalue weighted by Crippen LogP contribution is 2.26. The van der Waals surface area contributed by atoms with E-state index in [-0.39, 0.29) is 153 Å². The van der Waals surface area contributed by atoms with Crippen molar-refractivity contribution in [3.63, 3.8) is 0 Å². The molecule has 36 heteroatoms. The average molecular weight is 1410 g/mol. The molecular weight excluding hydrogens is 1300 g/mol. The van der Waals surface area contributed by atoms with Crippen LogP contribution in [0.25, 0.3) is 0 Å². The van der Waals surface area contributed by atoms with Crippen LogP contribution in [0.1, 0.15) is 124 Å². The summed E-state index contributed by atoms with van der Waals surface area (Å²) < 4.78 is 51.4. The van der Waals surface area contributed by atoms with Crippen LogP contribution in [0.5, 0.6) is 0 Å². The van der Waals surface area contributed by atoms with E-state index in [1.807, 2.05) is 6.92 Å². The quantitative estimate of drug-likeness (QED) is 0.0252. The zero-order valence-electron chi connectivity index (χ0n) is 56.9. The molecule has 9 amide bonds. The van der Waals surface area contributed by atoms with E-state index in [4.69, 9.17) is 42.6 Å². The number of carbonyl (C=O) groups excluding carboxylic acids is 9. The standard InChI is InChI=1S/C62H111N9O27/c1-38(75)69-50-56(87)53(84)41(32-72)96-59(50)93-26-8-5-14-44(78)63-20-11-23-66-47(81)17-29-90-35-62(4,36-91-30-18-48(82)67-24-12-21-64-45(79)15-6-9-27-94-60-51(70-39(2)76)57(88)54(85)42(33-73)97-60)37-92-31-19-49(83)68-25-13-22-65-46(80)16-7-10-28-95-61-52(71-40(3)77)58(89)55(86)43(34-74)98-61/h41-43,50-61,72-74,84-89H,5-37H2,1-4H3,(H,63,78)(H,64,79)(H,65,80)(H,66,81)(H,67,82)(H,68,83)(H,69,75)(H,70,76)(H,71,77)/t41-,42?,43?,50?,51?,52?,53?,54?,55?,56?,57?,58?,59?,60?,61?,62?/m1/s1. The Balaban J connectivity index is 1.34. The second-order valence-corrected chi connectivity index (χ2v) is 24.7. The molecule has 3 fully saturated rings. The fourth-order valence-corrected chi connectivity index (χ4v) is 10.3. The third-order valence-electron chi connectivity index (χ3n) is 15.8. The van der Waals surface area contributed by atoms with Gasteiger partial charge in [0.15, 0.2) is 18.9 Å². The molecule has 0 aliphatic carbocycles. The number of rotatable bonds is 51. The zero-order chi connectivity index (χ0) is 72.4. The lowest BCUT2D eigenvalue weighted by Gasteiger charge is -2.42. The maximum atomic E-state index is 12.7. The van der Waals surface area contributed by atoms with E-state index in [9.17, 15) is 89.1 Å². The predicted molar refractivity (Wildman–Crippen MR) is 342 cm³/mol. The molecule has 0 aromatic rings. The molecule has 3 saturated heterocycles. The number of aliphatic hydroxyl groups is 9. The van der Waals surface area contributed by atoms with Gasteiger partial charge >= 0.3 is 0 Å². The first kappa shape index (κ1) is 86.7. The molecule has 3 heterocycles. The molecule has 0 aromatic carbocycles. The number of hydrogen-bond donors (Lipinski definition) is 18. The molecule has 18 N–H and O–H groups in total. The van der Waals surface area contributed by atoms with Gasteiger partial charge in [0, 0.05) is 124 Å². The number of unbranched alkanes of at least 4 members (excludes halogenated alkanes) is 3. The van der Waals surface area contributed by atoms with Crippen molar-refractivity contribution in [3.8, 4) is 0 Å². The SMILES string of the molecule is CC(=O)NC1C(OCCCCC(=O)NCCCNC(=O)CCOCC(C)(COCCC(=O)NCCCNC(=O)CCCCOC2OC(CO)C(O)C(O)C2NC(C)=O)COCCC(=O)NCCCNC(=O)CCCCOC2O[C@H](CO)C(O)C(O)C2NC(C)=O)OC(CO)C(O)C1O. The van der Waals surface area contributed by atoms with Crippen LogP contribution in [-0.2, 0) is 85.8 Å². The van der Waals surface area contributed by atoms with Crippen molar-refractivity contribution in [2.75, 3.05) is 119 Å². The topological polar surface area (TPSA) is 527 Å². The Bertz CT molecular complexity index is 2110. The smallest absolute Gasteiger partial charge is 0.222 e. The third-order valence-corrected chi connectivity index (χ3v) is 15.8. The molecule has 15 atom stereocenters. The summed E-state index contributed by atoms with van der Waals surface area (Å²) >= 11 is 0. The van der Waals surface area contributed by atoms with Crippen molar-refractivity contribution in [1.82, 2.24) is 47.9 Å². The van der Waals surface area contributed by atoms with Gasteiger partial charge in [-0.15, -0.1) is 0 Å². The highest BCUT2D eigenvalue weighted by Gasteiger charge is 2.48. The van der Waals surface area contributed by atoms with Crippen LogP contribution in [0.2, 0.25) is 0 Å². The van der Waals surface area contributed by atoms with Gasteiger partial charge in [-0.2, -0.15) is 0 Å². The van der Waals surface area contributed by atoms with Crippen LogP contribution >= 0.6 is 0 Å². The molecule has 14 unspecified atom stereocenters. The second kappa shape index (κ2) is 49.1. The molecule has 0 bridgehead atoms. The lowest BCUT2D eigenvalue weighted by molar-refractivity contribution is -0.270. The van der Waals surface area contributed by atoms with E-state index in [0.717, 1.165) is 0 Å². The molecule has 0 spiro atoms. The minimum atomic E-state index is -1.44. The van der Waals surface area contributed by atoms with Gasteiger partial charge in [-0.1, -0.05) is 6.92 Å². The summed E-state index contributed by atoms with van der Waals surface area (Å²) in [6.45, 7) is 6.21. The van der Waals surface area contributed by atoms with Gasteiger partial charge in [0.2, 0.25) is 53.2 Å². The largest absolute Gasteiger partial charge is 0.394 e. The lowest BCUT2D eigenvalue weighted by atomic mass is 9.94. The summed E-state index contributed by atoms with van der Waals surface area (Å²) in [5.74, 6) is -2.95. The lowest BCUT2D eigenvalue weighted by Crippen LogP contribution is -2.64. The van der Waals surface area contributed by atoms with Gasteiger partial charge < -0.3 is 136 Å². The van der Waals surface area contributed by atoms with E-state index in [1.165, 1.54) is 20.8 Å². The Hall–Kier alpha value is -5.49. The van der Waals surface area contributed by atoms with Gasteiger partial charge in [-0.25, -0.2) is 0 Å². The summed E-state index contributed by atoms with van der Waals surface area (Å²) in [5.41, 5.74) is -0.791. The fraction of sp³-hybridized carbons (Fsp3) is 0.855. The Kier molecular flexibility index (Phi) is 43.5. The van der Waals surface area contributed by atoms with Gasteiger partial charge in [0.25, 0.3) is 0 Å². The number of ether oxygens (including phenoxy) is 9. The first-order valence-electron chi connectivity index (χ1n) is 33.7. The van der Waals surface area contributed by atoms with Gasteiger partial charge in [-0.3, -0.25) is 43.2 Å². The minimum absolute atomic E-state index is 0.0184. The summed E-state index contributed by atoms with van der Waals surface area (Å²) in [6.07, 6.45) is -10.8. The highest BCUT2D eigenvalue weighted by atomic mass is 16.7. The van der Waals surface area contributed by atoms with E-state index >= 15 is 0 Å². The summed E-state index contributed by atoms with van der Waals surface area (Å²) in [5, 5.41) is 115. The molecule has 0 saturated carbocycles. The fourth-order valence-electron chi connectivity index (χ4n) is 10.3. The van der Waals surface area contributed by atoms with Crippen molar-refractivity contribution in [3.05, 3.63) is 0 Å². The van der Waals surface area contributed by atoms with Gasteiger partial charge in [0.05, 0.1) is 59.5 Å². The molecular formula is C62H111N9O27. The number of amides is 9. The van der Waals surface area contributed by atoms with Crippen molar-refractivity contribution in [1.29, 1.82) is 0 Å². The van der Waals surface area contributed by atoms with Crippen molar-refractivity contribution < 1.29 is 132 Å². The Morgan fingerprint density at radius 3 is 0.796 bits per heavy atom. The van der Waals surface area contributed by atoms with E-state index in [2.05, 4.69) is 47.9 Å². The van der Waals surface area contributed by atoms with Gasteiger partial charge in [0.1, 0.15) is 73.1 Å². The maximum absolute atomic E-state index is 12.7. The van der Waals surface area contributed by atoms with Crippen LogP contribution < -0.4 is 47.9 Å². The first-order valence-corrected chi connectivity index (χ1v) is 33.7. The Morgan fingerprint density at radius 2 is 0.571 bits per heavy atom. The molecule has 0 aromatic heterocycles. The van der Waals surface area contributed by atoms with Crippen LogP contribution in [-0.4, -0.2) is 310 Å². The van der Waals surface area contributed by atoms with E-state index < -0.39 is 135 Å². The van der Waals surface area contributed by atoms with Crippen molar-refractivity contribution in [2.45, 2.75) is 216 Å². The number of hydrogen-bond acceptors (Lipinski definition) is 27. The van der Waals surface area contributed by atoms with Gasteiger partial charge in [-0.05, 0) is 57.8 Å². The average Bonchev–Trinajstić information content (AvgIpc) is 0.825. The Morgan fingerprint density at radius 1 is 0.337 bits per heavy atom. The number of nitrogens with one attached hydrogen (secondary N) is 9. The van der Waals surface area contributed by atoms with E-state index in [0.29, 0.717) is 77.4 Å². The number of aliphatic hydroxyl groups excluding tert-OH is 9. The minimum Gasteiger partial charge on any atom is -0.394 e. The molecule has 36 nitrogen and oxygen atoms in total. The van der Waals surface area contributed by atoms with Crippen LogP contribution in [0.4, 0.5) is 0 Å². The molecule has 566 valence electrons. The summed E-state index contributed by atoms with van der Waals surface area (Å²) in [6, 6.07) is -3.21. The predicted octanol–water partition coefficient (Wildman–Crippen LogP) is -6.53.